The lowest BCUT2D eigenvalue weighted by Gasteiger charge is -2.06. The molecule has 1 aromatic rings. The quantitative estimate of drug-likeness (QED) is 0.609. The molecule has 0 aliphatic heterocycles. The van der Waals surface area contributed by atoms with E-state index in [9.17, 15) is 9.59 Å². The highest BCUT2D eigenvalue weighted by molar-refractivity contribution is 6.30. The minimum Gasteiger partial charge on any atom is -0.354 e. The largest absolute Gasteiger partial charge is 0.354 e. The molecule has 0 spiro atoms. The molecule has 5 heteroatoms. The van der Waals surface area contributed by atoms with Crippen molar-refractivity contribution in [2.24, 2.45) is 0 Å². The Morgan fingerprint density at radius 1 is 1.22 bits per heavy atom. The summed E-state index contributed by atoms with van der Waals surface area (Å²) >= 11 is 5.71. The molecule has 0 heterocycles. The predicted molar refractivity (Wildman–Crippen MR) is 71.6 cm³/mol. The highest BCUT2D eigenvalue weighted by Gasteiger charge is 2.07. The van der Waals surface area contributed by atoms with Gasteiger partial charge in [-0.15, -0.1) is 6.58 Å². The second-order valence-electron chi connectivity index (χ2n) is 3.62. The Morgan fingerprint density at radius 2 is 1.89 bits per heavy atom. The number of rotatable bonds is 6. The van der Waals surface area contributed by atoms with Crippen LogP contribution >= 0.6 is 11.6 Å². The van der Waals surface area contributed by atoms with Gasteiger partial charge in [-0.3, -0.25) is 9.59 Å². The lowest BCUT2D eigenvalue weighted by atomic mass is 10.2. The van der Waals surface area contributed by atoms with E-state index in [1.165, 1.54) is 0 Å². The summed E-state index contributed by atoms with van der Waals surface area (Å²) in [7, 11) is 0. The third kappa shape index (κ3) is 5.01. The van der Waals surface area contributed by atoms with Gasteiger partial charge in [0.2, 0.25) is 5.91 Å². The normalized spacial score (nSPS) is 9.61. The summed E-state index contributed by atoms with van der Waals surface area (Å²) in [5, 5.41) is 5.74. The van der Waals surface area contributed by atoms with Crippen LogP contribution in [0.1, 0.15) is 16.8 Å². The molecule has 0 saturated heterocycles. The van der Waals surface area contributed by atoms with Crippen molar-refractivity contribution in [2.45, 2.75) is 6.42 Å². The molecule has 0 radical (unpaired) electrons. The molecule has 0 fully saturated rings. The van der Waals surface area contributed by atoms with Crippen molar-refractivity contribution in [3.63, 3.8) is 0 Å². The van der Waals surface area contributed by atoms with Crippen LogP contribution in [0.25, 0.3) is 0 Å². The summed E-state index contributed by atoms with van der Waals surface area (Å²) in [4.78, 5) is 23.0. The third-order valence-corrected chi connectivity index (χ3v) is 2.44. The lowest BCUT2D eigenvalue weighted by Crippen LogP contribution is -2.37. The number of carbonyl (C=O) groups excluding carboxylic acids is 2. The fraction of sp³-hybridized carbons (Fsp3) is 0.231. The number of benzene rings is 1. The van der Waals surface area contributed by atoms with Gasteiger partial charge in [-0.05, 0) is 30.7 Å². The van der Waals surface area contributed by atoms with Crippen LogP contribution in [0, 0.1) is 0 Å². The van der Waals surface area contributed by atoms with E-state index < -0.39 is 0 Å². The molecule has 2 amide bonds. The van der Waals surface area contributed by atoms with Crippen molar-refractivity contribution in [3.05, 3.63) is 47.5 Å². The standard InChI is InChI=1S/C13H15ClN2O2/c1-2-3-8-15-12(17)9-16-13(18)10-4-6-11(14)7-5-10/h2,4-7H,1,3,8-9H2,(H,15,17)(H,16,18). The van der Waals surface area contributed by atoms with Gasteiger partial charge in [0.25, 0.3) is 5.91 Å². The molecule has 0 aliphatic carbocycles. The first-order valence-corrected chi connectivity index (χ1v) is 5.92. The molecule has 18 heavy (non-hydrogen) atoms. The van der Waals surface area contributed by atoms with Crippen molar-refractivity contribution < 1.29 is 9.59 Å². The second-order valence-corrected chi connectivity index (χ2v) is 4.05. The molecule has 0 atom stereocenters. The molecule has 0 bridgehead atoms. The number of halogens is 1. The van der Waals surface area contributed by atoms with E-state index >= 15 is 0 Å². The SMILES string of the molecule is C=CCCNC(=O)CNC(=O)c1ccc(Cl)cc1. The van der Waals surface area contributed by atoms with Gasteiger partial charge in [0, 0.05) is 17.1 Å². The van der Waals surface area contributed by atoms with Crippen molar-refractivity contribution in [1.29, 1.82) is 0 Å². The number of nitrogens with one attached hydrogen (secondary N) is 2. The third-order valence-electron chi connectivity index (χ3n) is 2.19. The van der Waals surface area contributed by atoms with Crippen LogP contribution in [0.3, 0.4) is 0 Å². The van der Waals surface area contributed by atoms with Gasteiger partial charge < -0.3 is 10.6 Å². The minimum atomic E-state index is -0.300. The van der Waals surface area contributed by atoms with Crippen LogP contribution < -0.4 is 10.6 Å². The maximum absolute atomic E-state index is 11.6. The van der Waals surface area contributed by atoms with Crippen LogP contribution in [0.5, 0.6) is 0 Å². The fourth-order valence-corrected chi connectivity index (χ4v) is 1.37. The van der Waals surface area contributed by atoms with E-state index in [1.807, 2.05) is 0 Å². The first kappa shape index (κ1) is 14.3. The Labute approximate surface area is 111 Å². The van der Waals surface area contributed by atoms with Crippen molar-refractivity contribution >= 4 is 23.4 Å². The van der Waals surface area contributed by atoms with E-state index in [4.69, 9.17) is 11.6 Å². The first-order chi connectivity index (χ1) is 8.63. The zero-order valence-electron chi connectivity index (χ0n) is 9.91. The average molecular weight is 267 g/mol. The highest BCUT2D eigenvalue weighted by atomic mass is 35.5. The summed E-state index contributed by atoms with van der Waals surface area (Å²) in [6, 6.07) is 6.46. The molecule has 96 valence electrons. The monoisotopic (exact) mass is 266 g/mol. The zero-order valence-corrected chi connectivity index (χ0v) is 10.7. The Kier molecular flexibility index (Phi) is 5.94. The van der Waals surface area contributed by atoms with Crippen molar-refractivity contribution in [2.75, 3.05) is 13.1 Å². The topological polar surface area (TPSA) is 58.2 Å². The average Bonchev–Trinajstić information content (AvgIpc) is 2.37. The lowest BCUT2D eigenvalue weighted by molar-refractivity contribution is -0.120. The van der Waals surface area contributed by atoms with E-state index in [0.29, 0.717) is 23.6 Å². The fourth-order valence-electron chi connectivity index (χ4n) is 1.24. The number of amides is 2. The van der Waals surface area contributed by atoms with E-state index in [2.05, 4.69) is 17.2 Å². The van der Waals surface area contributed by atoms with Crippen LogP contribution in [0.2, 0.25) is 5.02 Å². The van der Waals surface area contributed by atoms with Crippen molar-refractivity contribution in [3.8, 4) is 0 Å². The number of hydrogen-bond donors (Lipinski definition) is 2. The van der Waals surface area contributed by atoms with E-state index in [1.54, 1.807) is 30.3 Å². The minimum absolute atomic E-state index is 0.0431. The van der Waals surface area contributed by atoms with Crippen LogP contribution in [0.15, 0.2) is 36.9 Å². The first-order valence-electron chi connectivity index (χ1n) is 5.55. The van der Waals surface area contributed by atoms with Gasteiger partial charge in [-0.25, -0.2) is 0 Å². The van der Waals surface area contributed by atoms with Gasteiger partial charge in [-0.2, -0.15) is 0 Å². The van der Waals surface area contributed by atoms with Gasteiger partial charge in [-0.1, -0.05) is 17.7 Å². The molecule has 4 nitrogen and oxygen atoms in total. The molecule has 0 unspecified atom stereocenters. The maximum atomic E-state index is 11.6. The molecule has 1 aromatic carbocycles. The Balaban J connectivity index is 2.34. The highest BCUT2D eigenvalue weighted by Crippen LogP contribution is 2.09. The summed E-state index contributed by atoms with van der Waals surface area (Å²) in [6.07, 6.45) is 2.42. The Morgan fingerprint density at radius 3 is 2.50 bits per heavy atom. The molecule has 0 saturated carbocycles. The van der Waals surface area contributed by atoms with Gasteiger partial charge in [0.1, 0.15) is 0 Å². The summed E-state index contributed by atoms with van der Waals surface area (Å²) < 4.78 is 0. The molecule has 0 aliphatic rings. The smallest absolute Gasteiger partial charge is 0.251 e. The van der Waals surface area contributed by atoms with Gasteiger partial charge in [0.15, 0.2) is 0 Å². The van der Waals surface area contributed by atoms with E-state index in [0.717, 1.165) is 0 Å². The maximum Gasteiger partial charge on any atom is 0.251 e. The molecule has 1 rings (SSSR count). The number of hydrogen-bond acceptors (Lipinski definition) is 2. The van der Waals surface area contributed by atoms with Gasteiger partial charge >= 0.3 is 0 Å². The molecule has 0 aromatic heterocycles. The summed E-state index contributed by atoms with van der Waals surface area (Å²) in [5.74, 6) is -0.523. The Hall–Kier alpha value is -1.81. The number of carbonyl (C=O) groups is 2. The summed E-state index contributed by atoms with van der Waals surface area (Å²) in [6.45, 7) is 4.03. The predicted octanol–water partition coefficient (Wildman–Crippen LogP) is 1.76. The van der Waals surface area contributed by atoms with Crippen LogP contribution in [-0.4, -0.2) is 24.9 Å². The van der Waals surface area contributed by atoms with Crippen LogP contribution in [-0.2, 0) is 4.79 Å². The molecular formula is C13H15ClN2O2. The molecular weight excluding hydrogens is 252 g/mol. The summed E-state index contributed by atoms with van der Waals surface area (Å²) in [5.41, 5.74) is 0.471. The van der Waals surface area contributed by atoms with Crippen molar-refractivity contribution in [1.82, 2.24) is 10.6 Å². The van der Waals surface area contributed by atoms with Crippen LogP contribution in [0.4, 0.5) is 0 Å². The zero-order chi connectivity index (χ0) is 13.4. The Bertz CT molecular complexity index is 429. The molecule has 2 N–H and O–H groups in total. The van der Waals surface area contributed by atoms with Gasteiger partial charge in [0.05, 0.1) is 6.54 Å². The second kappa shape index (κ2) is 7.50. The van der Waals surface area contributed by atoms with E-state index in [-0.39, 0.29) is 18.4 Å².